The average molecular weight is 336 g/mol. The van der Waals surface area contributed by atoms with Crippen molar-refractivity contribution in [1.82, 2.24) is 0 Å². The normalized spacial score (nSPS) is 11.2. The third kappa shape index (κ3) is 3.18. The minimum atomic E-state index is -3.67. The quantitative estimate of drug-likeness (QED) is 0.762. The zero-order valence-corrected chi connectivity index (χ0v) is 14.2. The Labute approximate surface area is 136 Å². The molecule has 2 aromatic carbocycles. The number of rotatable bonds is 5. The fraction of sp³-hybridized carbons (Fsp3) is 0.176. The summed E-state index contributed by atoms with van der Waals surface area (Å²) >= 11 is 6.13. The zero-order valence-electron chi connectivity index (χ0n) is 12.6. The highest BCUT2D eigenvalue weighted by Crippen LogP contribution is 2.30. The maximum Gasteiger partial charge on any atom is 0.264 e. The predicted molar refractivity (Wildman–Crippen MR) is 92.1 cm³/mol. The molecule has 0 aliphatic rings. The monoisotopic (exact) mass is 335 g/mol. The van der Waals surface area contributed by atoms with E-state index >= 15 is 0 Å². The topological polar surface area (TPSA) is 37.4 Å². The molecule has 22 heavy (non-hydrogen) atoms. The van der Waals surface area contributed by atoms with Crippen LogP contribution in [-0.2, 0) is 10.0 Å². The van der Waals surface area contributed by atoms with Crippen LogP contribution in [0.4, 0.5) is 5.69 Å². The number of hydrogen-bond acceptors (Lipinski definition) is 2. The average Bonchev–Trinajstić information content (AvgIpc) is 2.48. The number of hydrogen-bond donors (Lipinski definition) is 0. The molecule has 0 saturated carbocycles. The minimum Gasteiger partial charge on any atom is -0.262 e. The first kappa shape index (κ1) is 16.6. The summed E-state index contributed by atoms with van der Waals surface area (Å²) in [6, 6.07) is 12.0. The van der Waals surface area contributed by atoms with Crippen LogP contribution in [0.2, 0.25) is 5.02 Å². The molecule has 0 unspecified atom stereocenters. The highest BCUT2D eigenvalue weighted by molar-refractivity contribution is 7.92. The van der Waals surface area contributed by atoms with Crippen LogP contribution >= 0.6 is 11.6 Å². The van der Waals surface area contributed by atoms with E-state index in [2.05, 4.69) is 6.58 Å². The van der Waals surface area contributed by atoms with Crippen molar-refractivity contribution < 1.29 is 8.42 Å². The van der Waals surface area contributed by atoms with Gasteiger partial charge >= 0.3 is 0 Å². The van der Waals surface area contributed by atoms with Gasteiger partial charge in [0.05, 0.1) is 17.1 Å². The lowest BCUT2D eigenvalue weighted by molar-refractivity contribution is 0.592. The van der Waals surface area contributed by atoms with Gasteiger partial charge in [0.2, 0.25) is 0 Å². The second kappa shape index (κ2) is 6.55. The van der Waals surface area contributed by atoms with Crippen LogP contribution in [-0.4, -0.2) is 15.0 Å². The SMILES string of the molecule is C=CCN(c1cccc(Cl)c1C)S(=O)(=O)c1ccc(C)cc1. The number of benzene rings is 2. The maximum absolute atomic E-state index is 12.9. The Balaban J connectivity index is 2.58. The van der Waals surface area contributed by atoms with Gasteiger partial charge in [-0.1, -0.05) is 41.4 Å². The molecule has 116 valence electrons. The number of halogens is 1. The molecule has 0 heterocycles. The second-order valence-corrected chi connectivity index (χ2v) is 7.29. The molecular weight excluding hydrogens is 318 g/mol. The smallest absolute Gasteiger partial charge is 0.262 e. The Hall–Kier alpha value is -1.78. The van der Waals surface area contributed by atoms with E-state index in [4.69, 9.17) is 11.6 Å². The van der Waals surface area contributed by atoms with E-state index in [1.54, 1.807) is 55.5 Å². The van der Waals surface area contributed by atoms with Gasteiger partial charge in [-0.25, -0.2) is 8.42 Å². The molecule has 0 amide bonds. The first-order valence-electron chi connectivity index (χ1n) is 6.83. The fourth-order valence-corrected chi connectivity index (χ4v) is 3.81. The first-order chi connectivity index (χ1) is 10.4. The van der Waals surface area contributed by atoms with Gasteiger partial charge in [-0.2, -0.15) is 0 Å². The van der Waals surface area contributed by atoms with Crippen LogP contribution in [0.25, 0.3) is 0 Å². The molecule has 0 aliphatic carbocycles. The van der Waals surface area contributed by atoms with Gasteiger partial charge < -0.3 is 0 Å². The Morgan fingerprint density at radius 2 is 1.77 bits per heavy atom. The van der Waals surface area contributed by atoms with Crippen LogP contribution in [0.1, 0.15) is 11.1 Å². The van der Waals surface area contributed by atoms with Gasteiger partial charge in [-0.05, 0) is 43.7 Å². The molecule has 0 saturated heterocycles. The lowest BCUT2D eigenvalue weighted by atomic mass is 10.2. The van der Waals surface area contributed by atoms with Crippen molar-refractivity contribution in [2.24, 2.45) is 0 Å². The summed E-state index contributed by atoms with van der Waals surface area (Å²) in [6.07, 6.45) is 1.56. The third-order valence-electron chi connectivity index (χ3n) is 3.41. The molecule has 2 aromatic rings. The zero-order chi connectivity index (χ0) is 16.3. The Bertz CT molecular complexity index is 783. The first-order valence-corrected chi connectivity index (χ1v) is 8.65. The summed E-state index contributed by atoms with van der Waals surface area (Å²) in [5.41, 5.74) is 2.29. The van der Waals surface area contributed by atoms with Gasteiger partial charge in [0.15, 0.2) is 0 Å². The Morgan fingerprint density at radius 1 is 1.14 bits per heavy atom. The number of sulfonamides is 1. The van der Waals surface area contributed by atoms with E-state index in [0.717, 1.165) is 11.1 Å². The van der Waals surface area contributed by atoms with Crippen LogP contribution in [0.15, 0.2) is 60.0 Å². The van der Waals surface area contributed by atoms with Gasteiger partial charge in [0, 0.05) is 5.02 Å². The summed E-state index contributed by atoms with van der Waals surface area (Å²) in [4.78, 5) is 0.249. The fourth-order valence-electron chi connectivity index (χ4n) is 2.15. The van der Waals surface area contributed by atoms with Crippen LogP contribution in [0.5, 0.6) is 0 Å². The molecule has 3 nitrogen and oxygen atoms in total. The van der Waals surface area contributed by atoms with Gasteiger partial charge in [0.25, 0.3) is 10.0 Å². The van der Waals surface area contributed by atoms with E-state index < -0.39 is 10.0 Å². The van der Waals surface area contributed by atoms with E-state index in [0.29, 0.717) is 10.7 Å². The van der Waals surface area contributed by atoms with Crippen LogP contribution in [0, 0.1) is 13.8 Å². The molecule has 5 heteroatoms. The molecule has 2 rings (SSSR count). The van der Waals surface area contributed by atoms with Crippen LogP contribution < -0.4 is 4.31 Å². The highest BCUT2D eigenvalue weighted by Gasteiger charge is 2.25. The number of nitrogens with zero attached hydrogens (tertiary/aromatic N) is 1. The molecule has 0 aromatic heterocycles. The standard InChI is InChI=1S/C17H18ClNO2S/c1-4-12-19(17-7-5-6-16(18)14(17)3)22(20,21)15-10-8-13(2)9-11-15/h4-11H,1,12H2,2-3H3. The van der Waals surface area contributed by atoms with E-state index in [9.17, 15) is 8.42 Å². The summed E-state index contributed by atoms with van der Waals surface area (Å²) in [6.45, 7) is 7.56. The molecule has 0 aliphatic heterocycles. The largest absolute Gasteiger partial charge is 0.264 e. The van der Waals surface area contributed by atoms with Crippen molar-refractivity contribution in [2.45, 2.75) is 18.7 Å². The van der Waals surface area contributed by atoms with Crippen molar-refractivity contribution in [3.05, 3.63) is 71.3 Å². The Morgan fingerprint density at radius 3 is 2.36 bits per heavy atom. The Kier molecular flexibility index (Phi) is 4.94. The van der Waals surface area contributed by atoms with Crippen molar-refractivity contribution in [2.75, 3.05) is 10.8 Å². The van der Waals surface area contributed by atoms with Gasteiger partial charge in [0.1, 0.15) is 0 Å². The summed E-state index contributed by atoms with van der Waals surface area (Å²) in [5, 5.41) is 0.533. The minimum absolute atomic E-state index is 0.178. The van der Waals surface area contributed by atoms with Crippen molar-refractivity contribution in [3.8, 4) is 0 Å². The van der Waals surface area contributed by atoms with E-state index in [1.807, 2.05) is 6.92 Å². The second-order valence-electron chi connectivity index (χ2n) is 5.02. The van der Waals surface area contributed by atoms with Crippen molar-refractivity contribution >= 4 is 27.3 Å². The van der Waals surface area contributed by atoms with Gasteiger partial charge in [-0.3, -0.25) is 4.31 Å². The lowest BCUT2D eigenvalue weighted by Gasteiger charge is -2.25. The lowest BCUT2D eigenvalue weighted by Crippen LogP contribution is -2.31. The van der Waals surface area contributed by atoms with E-state index in [1.165, 1.54) is 4.31 Å². The van der Waals surface area contributed by atoms with Gasteiger partial charge in [-0.15, -0.1) is 6.58 Å². The number of anilines is 1. The maximum atomic E-state index is 12.9. The molecule has 0 fully saturated rings. The van der Waals surface area contributed by atoms with Crippen LogP contribution in [0.3, 0.4) is 0 Å². The predicted octanol–water partition coefficient (Wildman–Crippen LogP) is 4.34. The molecule has 0 bridgehead atoms. The summed E-state index contributed by atoms with van der Waals surface area (Å²) < 4.78 is 27.2. The third-order valence-corrected chi connectivity index (χ3v) is 5.62. The van der Waals surface area contributed by atoms with Crippen molar-refractivity contribution in [1.29, 1.82) is 0 Å². The molecule has 0 spiro atoms. The van der Waals surface area contributed by atoms with Crippen molar-refractivity contribution in [3.63, 3.8) is 0 Å². The molecule has 0 radical (unpaired) electrons. The van der Waals surface area contributed by atoms with E-state index in [-0.39, 0.29) is 11.4 Å². The summed E-state index contributed by atoms with van der Waals surface area (Å²) in [5.74, 6) is 0. The number of aryl methyl sites for hydroxylation is 1. The summed E-state index contributed by atoms with van der Waals surface area (Å²) in [7, 11) is -3.67. The molecular formula is C17H18ClNO2S. The molecule has 0 atom stereocenters. The highest BCUT2D eigenvalue weighted by atomic mass is 35.5. The molecule has 0 N–H and O–H groups in total.